The predicted octanol–water partition coefficient (Wildman–Crippen LogP) is 12.3. The van der Waals surface area contributed by atoms with Crippen LogP contribution in [-0.4, -0.2) is 11.2 Å². The van der Waals surface area contributed by atoms with E-state index in [0.717, 1.165) is 39.1 Å². The van der Waals surface area contributed by atoms with Crippen LogP contribution in [0, 0.1) is 0 Å². The summed E-state index contributed by atoms with van der Waals surface area (Å²) in [5, 5.41) is 3.55. The van der Waals surface area contributed by atoms with Crippen LogP contribution in [0.4, 0.5) is 22.7 Å². The van der Waals surface area contributed by atoms with E-state index in [-0.39, 0.29) is 5.41 Å². The van der Waals surface area contributed by atoms with E-state index < -0.39 is 11.2 Å². The van der Waals surface area contributed by atoms with Crippen molar-refractivity contribution in [3.8, 4) is 22.3 Å². The van der Waals surface area contributed by atoms with E-state index >= 15 is 0 Å². The van der Waals surface area contributed by atoms with Crippen LogP contribution in [0.25, 0.3) is 44.2 Å². The second-order valence-corrected chi connectivity index (χ2v) is 15.0. The zero-order valence-corrected chi connectivity index (χ0v) is 29.3. The van der Waals surface area contributed by atoms with E-state index in [4.69, 9.17) is 14.1 Å². The van der Waals surface area contributed by atoms with Gasteiger partial charge in [-0.2, -0.15) is 0 Å². The molecular weight excluding hydrogens is 617 g/mol. The summed E-state index contributed by atoms with van der Waals surface area (Å²) >= 11 is 0. The molecule has 0 radical (unpaired) electrons. The fraction of sp³-hybridized carbons (Fsp3) is 0.200. The van der Waals surface area contributed by atoms with Crippen LogP contribution in [-0.2, 0) is 15.1 Å². The summed E-state index contributed by atoms with van der Waals surface area (Å²) in [5.74, 6) is 0. The van der Waals surface area contributed by atoms with Gasteiger partial charge in [-0.05, 0) is 104 Å². The quantitative estimate of drug-likeness (QED) is 0.184. The van der Waals surface area contributed by atoms with Crippen molar-refractivity contribution in [2.24, 2.45) is 0 Å². The molecule has 2 heterocycles. The van der Waals surface area contributed by atoms with E-state index in [1.54, 1.807) is 0 Å². The molecule has 0 bridgehead atoms. The van der Waals surface area contributed by atoms with Crippen molar-refractivity contribution in [3.63, 3.8) is 0 Å². The van der Waals surface area contributed by atoms with Gasteiger partial charge >= 0.3 is 0 Å². The van der Waals surface area contributed by atoms with Gasteiger partial charge in [0, 0.05) is 22.2 Å². The molecule has 2 aliphatic rings. The number of fused-ring (bicyclic) bond motifs is 6. The third-order valence-corrected chi connectivity index (χ3v) is 11.0. The number of anilines is 4. The third kappa shape index (κ3) is 4.54. The molecular formula is C45H40N2O3. The van der Waals surface area contributed by atoms with Gasteiger partial charge in [-0.15, -0.1) is 5.23 Å². The van der Waals surface area contributed by atoms with Gasteiger partial charge in [0.05, 0.1) is 11.1 Å². The summed E-state index contributed by atoms with van der Waals surface area (Å²) < 4.78 is 6.69. The van der Waals surface area contributed by atoms with Crippen LogP contribution in [0.1, 0.15) is 52.7 Å². The lowest BCUT2D eigenvalue weighted by molar-refractivity contribution is -0.0269. The van der Waals surface area contributed by atoms with Gasteiger partial charge < -0.3 is 9.32 Å². The van der Waals surface area contributed by atoms with Gasteiger partial charge in [0.2, 0.25) is 0 Å². The molecule has 1 fully saturated rings. The van der Waals surface area contributed by atoms with Crippen molar-refractivity contribution in [1.29, 1.82) is 0 Å². The average Bonchev–Trinajstić information content (AvgIpc) is 3.69. The molecule has 6 aromatic carbocycles. The summed E-state index contributed by atoms with van der Waals surface area (Å²) in [4.78, 5) is 15.1. The minimum Gasteiger partial charge on any atom is -0.454 e. The van der Waals surface area contributed by atoms with Crippen molar-refractivity contribution < 1.29 is 14.1 Å². The smallest absolute Gasteiger partial charge is 0.163 e. The first kappa shape index (κ1) is 30.7. The SMILES string of the molecule is CC1(C)c2ccccc2-c2ccc(N(c3ccc(-c4ccccc4)cc3)c3cccc4oc5c(N6OC(C)(C)C(C)(C)O6)cccc5c34)cc21. The molecule has 0 amide bonds. The highest BCUT2D eigenvalue weighted by molar-refractivity contribution is 6.15. The van der Waals surface area contributed by atoms with Crippen LogP contribution in [0.15, 0.2) is 138 Å². The van der Waals surface area contributed by atoms with E-state index in [1.165, 1.54) is 38.6 Å². The number of para-hydroxylation sites is 1. The van der Waals surface area contributed by atoms with Crippen molar-refractivity contribution in [1.82, 2.24) is 0 Å². The topological polar surface area (TPSA) is 38.1 Å². The lowest BCUT2D eigenvalue weighted by Crippen LogP contribution is -2.41. The number of hydrogen-bond donors (Lipinski definition) is 0. The van der Waals surface area contributed by atoms with Gasteiger partial charge in [0.15, 0.2) is 5.58 Å². The standard InChI is InChI=1S/C45H40N2O3/c1-43(2)36-18-11-10-16-33(36)34-27-26-32(28-37(34)43)46(31-24-22-30(23-25-31)29-14-8-7-9-15-29)38-19-13-21-40-41(38)35-17-12-20-39(42(35)48-40)47-49-44(3,4)45(5,6)50-47/h7-28H,1-6H3. The third-order valence-electron chi connectivity index (χ3n) is 11.0. The van der Waals surface area contributed by atoms with Crippen LogP contribution < -0.4 is 10.1 Å². The van der Waals surface area contributed by atoms with E-state index in [2.05, 4.69) is 134 Å². The van der Waals surface area contributed by atoms with Gasteiger partial charge in [0.25, 0.3) is 0 Å². The van der Waals surface area contributed by atoms with Crippen LogP contribution in [0.5, 0.6) is 0 Å². The van der Waals surface area contributed by atoms with Crippen molar-refractivity contribution in [3.05, 3.63) is 145 Å². The maximum Gasteiger partial charge on any atom is 0.163 e. The minimum atomic E-state index is -0.532. The maximum atomic E-state index is 6.69. The van der Waals surface area contributed by atoms with Crippen molar-refractivity contribution in [2.75, 3.05) is 10.1 Å². The number of rotatable bonds is 5. The second kappa shape index (κ2) is 10.8. The lowest BCUT2D eigenvalue weighted by Gasteiger charge is -2.28. The summed E-state index contributed by atoms with van der Waals surface area (Å²) in [6.07, 6.45) is 0. The molecule has 9 rings (SSSR count). The van der Waals surface area contributed by atoms with Crippen molar-refractivity contribution >= 4 is 44.7 Å². The molecule has 50 heavy (non-hydrogen) atoms. The maximum absolute atomic E-state index is 6.69. The molecule has 1 aromatic heterocycles. The molecule has 1 aliphatic heterocycles. The summed E-state index contributed by atoms with van der Waals surface area (Å²) in [6.45, 7) is 12.8. The number of hydrogen-bond acceptors (Lipinski definition) is 5. The van der Waals surface area contributed by atoms with Crippen molar-refractivity contribution in [2.45, 2.75) is 58.2 Å². The highest BCUT2D eigenvalue weighted by Gasteiger charge is 2.50. The molecule has 0 N–H and O–H groups in total. The zero-order chi connectivity index (χ0) is 34.4. The minimum absolute atomic E-state index is 0.134. The Kier molecular flexibility index (Phi) is 6.64. The molecule has 248 valence electrons. The van der Waals surface area contributed by atoms with Gasteiger partial charge in [0.1, 0.15) is 22.5 Å². The van der Waals surface area contributed by atoms with Crippen LogP contribution >= 0.6 is 0 Å². The van der Waals surface area contributed by atoms with Gasteiger partial charge in [-0.3, -0.25) is 0 Å². The fourth-order valence-corrected chi connectivity index (χ4v) is 7.59. The predicted molar refractivity (Wildman–Crippen MR) is 204 cm³/mol. The van der Waals surface area contributed by atoms with Gasteiger partial charge in [-0.25, -0.2) is 9.68 Å². The summed E-state index contributed by atoms with van der Waals surface area (Å²) in [6, 6.07) is 47.6. The Bertz CT molecular complexity index is 2410. The highest BCUT2D eigenvalue weighted by atomic mass is 17.0. The highest BCUT2D eigenvalue weighted by Crippen LogP contribution is 2.52. The van der Waals surface area contributed by atoms with Crippen LogP contribution in [0.2, 0.25) is 0 Å². The summed E-state index contributed by atoms with van der Waals surface area (Å²) in [7, 11) is 0. The largest absolute Gasteiger partial charge is 0.454 e. The molecule has 0 saturated carbocycles. The molecule has 1 saturated heterocycles. The molecule has 1 aliphatic carbocycles. The first-order valence-electron chi connectivity index (χ1n) is 17.4. The van der Waals surface area contributed by atoms with E-state index in [9.17, 15) is 0 Å². The number of furan rings is 1. The van der Waals surface area contributed by atoms with Crippen LogP contribution in [0.3, 0.4) is 0 Å². The number of benzene rings is 6. The Balaban J connectivity index is 1.24. The fourth-order valence-electron chi connectivity index (χ4n) is 7.59. The second-order valence-electron chi connectivity index (χ2n) is 15.0. The average molecular weight is 657 g/mol. The Morgan fingerprint density at radius 1 is 0.540 bits per heavy atom. The Morgan fingerprint density at radius 3 is 1.94 bits per heavy atom. The molecule has 7 aromatic rings. The first-order chi connectivity index (χ1) is 24.0. The Morgan fingerprint density at radius 2 is 1.18 bits per heavy atom. The molecule has 0 atom stereocenters. The first-order valence-corrected chi connectivity index (χ1v) is 17.4. The van der Waals surface area contributed by atoms with Gasteiger partial charge in [-0.1, -0.05) is 105 Å². The molecule has 5 nitrogen and oxygen atoms in total. The Labute approximate surface area is 293 Å². The number of nitrogens with zero attached hydrogens (tertiary/aromatic N) is 2. The monoisotopic (exact) mass is 656 g/mol. The molecule has 0 spiro atoms. The molecule has 0 unspecified atom stereocenters. The normalized spacial score (nSPS) is 16.9. The Hall–Kier alpha value is -5.36. The summed E-state index contributed by atoms with van der Waals surface area (Å²) in [5.41, 5.74) is 11.9. The molecule has 5 heteroatoms. The lowest BCUT2D eigenvalue weighted by atomic mass is 9.82. The van der Waals surface area contributed by atoms with E-state index in [0.29, 0.717) is 5.58 Å². The van der Waals surface area contributed by atoms with E-state index in [1.807, 2.05) is 45.9 Å². The zero-order valence-electron chi connectivity index (χ0n) is 29.3.